The van der Waals surface area contributed by atoms with E-state index in [1.54, 1.807) is 0 Å². The van der Waals surface area contributed by atoms with Crippen molar-refractivity contribution >= 4 is 43.1 Å². The number of hydrogen-bond donors (Lipinski definition) is 1. The molecule has 0 amide bonds. The largest absolute Gasteiger partial charge is 0.412 e. The van der Waals surface area contributed by atoms with E-state index in [1.165, 1.54) is 0 Å². The van der Waals surface area contributed by atoms with Gasteiger partial charge in [-0.1, -0.05) is 20.8 Å². The van der Waals surface area contributed by atoms with Crippen LogP contribution in [0.3, 0.4) is 0 Å². The summed E-state index contributed by atoms with van der Waals surface area (Å²) >= 11 is 18.9. The highest BCUT2D eigenvalue weighted by Gasteiger charge is 2.57. The molecule has 160 valence electrons. The van der Waals surface area contributed by atoms with E-state index in [1.807, 2.05) is 20.8 Å². The van der Waals surface area contributed by atoms with Crippen molar-refractivity contribution in [3.8, 4) is 0 Å². The fourth-order valence-corrected chi connectivity index (χ4v) is 5.90. The van der Waals surface area contributed by atoms with Gasteiger partial charge in [0.15, 0.2) is 20.4 Å². The van der Waals surface area contributed by atoms with E-state index in [-0.39, 0.29) is 47.8 Å². The van der Waals surface area contributed by atoms with Crippen molar-refractivity contribution in [3.63, 3.8) is 0 Å². The first-order valence-corrected chi connectivity index (χ1v) is 14.5. The molecule has 2 heterocycles. The molecule has 0 aromatic carbocycles. The Morgan fingerprint density at radius 1 is 1.07 bits per heavy atom. The number of alkyl halides is 3. The minimum Gasteiger partial charge on any atom is -0.412 e. The zero-order valence-corrected chi connectivity index (χ0v) is 20.2. The molecule has 4 unspecified atom stereocenters. The zero-order chi connectivity index (χ0) is 20.6. The third kappa shape index (κ3) is 5.15. The lowest BCUT2D eigenvalue weighted by molar-refractivity contribution is -0.338. The highest BCUT2D eigenvalue weighted by molar-refractivity contribution is 6.69. The van der Waals surface area contributed by atoms with E-state index in [9.17, 15) is 5.11 Å². The van der Waals surface area contributed by atoms with Crippen molar-refractivity contribution in [2.24, 2.45) is 17.8 Å². The summed E-state index contributed by atoms with van der Waals surface area (Å²) in [5.74, 6) is -0.659. The van der Waals surface area contributed by atoms with Crippen molar-refractivity contribution in [2.75, 3.05) is 18.4 Å². The van der Waals surface area contributed by atoms with E-state index in [0.717, 1.165) is 0 Å². The van der Waals surface area contributed by atoms with Crippen LogP contribution in [0.1, 0.15) is 20.8 Å². The average Bonchev–Trinajstić information content (AvgIpc) is 2.86. The van der Waals surface area contributed by atoms with Crippen LogP contribution in [0.5, 0.6) is 0 Å². The van der Waals surface area contributed by atoms with Gasteiger partial charge in [0.25, 0.3) is 0 Å². The van der Waals surface area contributed by atoms with Crippen LogP contribution in [0.15, 0.2) is 0 Å². The summed E-state index contributed by atoms with van der Waals surface area (Å²) in [4.78, 5) is 0. The van der Waals surface area contributed by atoms with Gasteiger partial charge in [0.1, 0.15) is 6.10 Å². The van der Waals surface area contributed by atoms with Gasteiger partial charge in [0, 0.05) is 11.8 Å². The molecule has 2 aliphatic heterocycles. The predicted octanol–water partition coefficient (Wildman–Crippen LogP) is 4.03. The number of aliphatic hydroxyl groups excluding tert-OH is 1. The molecule has 0 saturated carbocycles. The number of ether oxygens (including phenoxy) is 3. The molecule has 0 radical (unpaired) electrons. The molecule has 27 heavy (non-hydrogen) atoms. The molecule has 9 heteroatoms. The van der Waals surface area contributed by atoms with Crippen LogP contribution in [0.2, 0.25) is 19.6 Å². The number of aliphatic hydroxyl groups is 1. The highest BCUT2D eigenvalue weighted by atomic mass is 35.5. The topological polar surface area (TPSA) is 57.2 Å². The molecule has 0 aliphatic carbocycles. The number of hydrogen-bond acceptors (Lipinski definition) is 5. The van der Waals surface area contributed by atoms with Crippen LogP contribution in [-0.4, -0.2) is 67.6 Å². The molecule has 0 aromatic rings. The van der Waals surface area contributed by atoms with E-state index >= 15 is 0 Å². The van der Waals surface area contributed by atoms with Gasteiger partial charge in [-0.15, -0.1) is 34.8 Å². The van der Waals surface area contributed by atoms with Crippen LogP contribution in [0.25, 0.3) is 0 Å². The molecule has 9 atom stereocenters. The third-order valence-corrected chi connectivity index (χ3v) is 7.99. The standard InChI is InChI=1S/C18H33Cl3O5Si/c1-10-11(2)17(23-14(8-22)15(10)21)25-18(9-20)12(3)16(13(7-19)24-18)26-27(4,5)6/h10-17,22H,7-9H2,1-6H3/t10-,11+,12?,13+,14?,15?,16+,17?,18+/m1/s1. The van der Waals surface area contributed by atoms with Crippen LogP contribution >= 0.6 is 34.8 Å². The Morgan fingerprint density at radius 2 is 1.70 bits per heavy atom. The van der Waals surface area contributed by atoms with Gasteiger partial charge in [0.2, 0.25) is 0 Å². The third-order valence-electron chi connectivity index (χ3n) is 5.65. The van der Waals surface area contributed by atoms with Gasteiger partial charge in [-0.05, 0) is 25.6 Å². The lowest BCUT2D eigenvalue weighted by Gasteiger charge is -2.45. The minimum atomic E-state index is -1.82. The van der Waals surface area contributed by atoms with Gasteiger partial charge in [-0.2, -0.15) is 0 Å². The summed E-state index contributed by atoms with van der Waals surface area (Å²) in [7, 11) is -1.82. The Labute approximate surface area is 179 Å². The lowest BCUT2D eigenvalue weighted by Crippen LogP contribution is -2.54. The predicted molar refractivity (Wildman–Crippen MR) is 111 cm³/mol. The van der Waals surface area contributed by atoms with Gasteiger partial charge < -0.3 is 23.7 Å². The summed E-state index contributed by atoms with van der Waals surface area (Å²) < 4.78 is 24.9. The molecule has 2 aliphatic rings. The van der Waals surface area contributed by atoms with Crippen molar-refractivity contribution < 1.29 is 23.7 Å². The fraction of sp³-hybridized carbons (Fsp3) is 1.00. The Hall–Kier alpha value is 0.887. The first-order chi connectivity index (χ1) is 12.5. The quantitative estimate of drug-likeness (QED) is 0.456. The maximum atomic E-state index is 9.61. The maximum Gasteiger partial charge on any atom is 0.190 e. The highest BCUT2D eigenvalue weighted by Crippen LogP contribution is 2.45. The van der Waals surface area contributed by atoms with Crippen LogP contribution in [0, 0.1) is 17.8 Å². The molecule has 2 saturated heterocycles. The van der Waals surface area contributed by atoms with Gasteiger partial charge >= 0.3 is 0 Å². The molecule has 0 bridgehead atoms. The molecule has 2 fully saturated rings. The summed E-state index contributed by atoms with van der Waals surface area (Å²) in [5.41, 5.74) is 0. The Balaban J connectivity index is 2.23. The maximum absolute atomic E-state index is 9.61. The second-order valence-electron chi connectivity index (χ2n) is 8.75. The summed E-state index contributed by atoms with van der Waals surface area (Å²) in [6.45, 7) is 12.3. The van der Waals surface area contributed by atoms with E-state index in [0.29, 0.717) is 5.88 Å². The summed E-state index contributed by atoms with van der Waals surface area (Å²) in [5, 5.41) is 9.33. The first-order valence-electron chi connectivity index (χ1n) is 9.55. The Bertz CT molecular complexity index is 492. The van der Waals surface area contributed by atoms with Crippen LogP contribution in [0.4, 0.5) is 0 Å². The van der Waals surface area contributed by atoms with E-state index in [2.05, 4.69) is 19.6 Å². The Kier molecular flexibility index (Phi) is 8.37. The van der Waals surface area contributed by atoms with Crippen molar-refractivity contribution in [2.45, 2.75) is 76.2 Å². The number of rotatable bonds is 7. The average molecular weight is 464 g/mol. The monoisotopic (exact) mass is 462 g/mol. The molecular formula is C18H33Cl3O5Si. The van der Waals surface area contributed by atoms with E-state index in [4.69, 9.17) is 53.4 Å². The van der Waals surface area contributed by atoms with Gasteiger partial charge in [-0.3, -0.25) is 0 Å². The zero-order valence-electron chi connectivity index (χ0n) is 17.0. The molecule has 0 spiro atoms. The molecular weight excluding hydrogens is 431 g/mol. The first kappa shape index (κ1) is 24.2. The summed E-state index contributed by atoms with van der Waals surface area (Å²) in [6, 6.07) is 0. The normalized spacial score (nSPS) is 46.0. The SMILES string of the molecule is CC1[C@H](O[Si](C)(C)C)[C@H](CCl)O[C@@]1(CCl)OC1OC(CO)C(Cl)[C@H](C)[C@@H]1C. The van der Waals surface area contributed by atoms with Crippen molar-refractivity contribution in [3.05, 3.63) is 0 Å². The lowest BCUT2D eigenvalue weighted by atomic mass is 9.86. The second-order valence-corrected chi connectivity index (χ2v) is 14.3. The fourth-order valence-electron chi connectivity index (χ4n) is 3.75. The molecule has 2 rings (SSSR count). The van der Waals surface area contributed by atoms with Crippen LogP contribution in [-0.2, 0) is 18.6 Å². The van der Waals surface area contributed by atoms with Crippen molar-refractivity contribution in [1.82, 2.24) is 0 Å². The van der Waals surface area contributed by atoms with E-state index < -0.39 is 26.5 Å². The second kappa shape index (κ2) is 9.35. The number of halogens is 3. The smallest absolute Gasteiger partial charge is 0.190 e. The van der Waals surface area contributed by atoms with Gasteiger partial charge in [0.05, 0.1) is 36.0 Å². The van der Waals surface area contributed by atoms with Gasteiger partial charge in [-0.25, -0.2) is 0 Å². The Morgan fingerprint density at radius 3 is 2.19 bits per heavy atom. The molecule has 5 nitrogen and oxygen atoms in total. The van der Waals surface area contributed by atoms with Crippen LogP contribution < -0.4 is 0 Å². The minimum absolute atomic E-state index is 0.0117. The summed E-state index contributed by atoms with van der Waals surface area (Å²) in [6.07, 6.45) is -1.59. The van der Waals surface area contributed by atoms with Crippen molar-refractivity contribution in [1.29, 1.82) is 0 Å². The molecule has 0 aromatic heterocycles. The molecule has 1 N–H and O–H groups in total.